The van der Waals surface area contributed by atoms with Gasteiger partial charge in [-0.1, -0.05) is 34.6 Å². The summed E-state index contributed by atoms with van der Waals surface area (Å²) < 4.78 is 40.4. The van der Waals surface area contributed by atoms with Crippen molar-refractivity contribution < 1.29 is 17.9 Å². The van der Waals surface area contributed by atoms with Gasteiger partial charge in [-0.25, -0.2) is 0 Å². The van der Waals surface area contributed by atoms with Gasteiger partial charge >= 0.3 is 12.4 Å². The molecule has 18 heavy (non-hydrogen) atoms. The van der Waals surface area contributed by atoms with Gasteiger partial charge in [-0.15, -0.1) is 13.2 Å². The molecule has 3 nitrogen and oxygen atoms in total. The average Bonchev–Trinajstić information content (AvgIpc) is 2.12. The van der Waals surface area contributed by atoms with Crippen molar-refractivity contribution in [2.75, 3.05) is 0 Å². The van der Waals surface area contributed by atoms with E-state index in [1.807, 2.05) is 34.6 Å². The molecule has 0 amide bonds. The molecular weight excluding hydrogens is 245 g/mol. The quantitative estimate of drug-likeness (QED) is 0.813. The van der Waals surface area contributed by atoms with Gasteiger partial charge in [0.15, 0.2) is 0 Å². The van der Waals surface area contributed by atoms with Crippen molar-refractivity contribution in [3.8, 4) is 6.01 Å². The minimum Gasteiger partial charge on any atom is -0.371 e. The summed E-state index contributed by atoms with van der Waals surface area (Å²) in [7, 11) is 0. The molecule has 6 heteroatoms. The van der Waals surface area contributed by atoms with E-state index in [4.69, 9.17) is 0 Å². The Bertz CT molecular complexity index is 422. The first-order chi connectivity index (χ1) is 7.99. The monoisotopic (exact) mass is 262 g/mol. The van der Waals surface area contributed by atoms with E-state index >= 15 is 0 Å². The SMILES string of the molecule is CC(C)c1cc(C(C)(C)C)nc(OC(F)(F)F)n1. The molecular formula is C12H17F3N2O. The van der Waals surface area contributed by atoms with Crippen LogP contribution in [0.25, 0.3) is 0 Å². The van der Waals surface area contributed by atoms with Crippen molar-refractivity contribution in [3.05, 3.63) is 17.5 Å². The third-order valence-corrected chi connectivity index (χ3v) is 2.29. The number of aromatic nitrogens is 2. The number of hydrogen-bond acceptors (Lipinski definition) is 3. The summed E-state index contributed by atoms with van der Waals surface area (Å²) >= 11 is 0. The predicted octanol–water partition coefficient (Wildman–Crippen LogP) is 3.80. The first-order valence-corrected chi connectivity index (χ1v) is 5.64. The zero-order chi connectivity index (χ0) is 14.1. The number of alkyl halides is 3. The second-order valence-electron chi connectivity index (χ2n) is 5.41. The van der Waals surface area contributed by atoms with Crippen molar-refractivity contribution >= 4 is 0 Å². The standard InChI is InChI=1S/C12H17F3N2O/c1-7(2)8-6-9(11(3,4)5)17-10(16-8)18-12(13,14)15/h6-7H,1-5H3. The molecule has 1 rings (SSSR count). The lowest BCUT2D eigenvalue weighted by molar-refractivity contribution is -0.277. The number of hydrogen-bond donors (Lipinski definition) is 0. The fourth-order valence-corrected chi connectivity index (χ4v) is 1.27. The lowest BCUT2D eigenvalue weighted by Crippen LogP contribution is -2.22. The largest absolute Gasteiger partial charge is 0.575 e. The highest BCUT2D eigenvalue weighted by molar-refractivity contribution is 5.21. The van der Waals surface area contributed by atoms with E-state index in [-0.39, 0.29) is 11.3 Å². The Morgan fingerprint density at radius 2 is 1.67 bits per heavy atom. The van der Waals surface area contributed by atoms with E-state index in [0.717, 1.165) is 0 Å². The van der Waals surface area contributed by atoms with E-state index in [1.54, 1.807) is 6.07 Å². The van der Waals surface area contributed by atoms with E-state index < -0.39 is 12.4 Å². The molecule has 1 aromatic heterocycles. The molecule has 0 aliphatic carbocycles. The molecule has 102 valence electrons. The molecule has 0 saturated heterocycles. The van der Waals surface area contributed by atoms with Crippen LogP contribution < -0.4 is 4.74 Å². The van der Waals surface area contributed by atoms with E-state index in [0.29, 0.717) is 11.4 Å². The molecule has 0 spiro atoms. The molecule has 0 aliphatic rings. The van der Waals surface area contributed by atoms with Gasteiger partial charge < -0.3 is 4.74 Å². The van der Waals surface area contributed by atoms with Crippen LogP contribution in [-0.2, 0) is 5.41 Å². The molecule has 0 N–H and O–H groups in total. The van der Waals surface area contributed by atoms with Gasteiger partial charge in [0.25, 0.3) is 0 Å². The molecule has 0 bridgehead atoms. The molecule has 1 heterocycles. The van der Waals surface area contributed by atoms with Gasteiger partial charge in [0.05, 0.1) is 11.4 Å². The van der Waals surface area contributed by atoms with Gasteiger partial charge in [0.1, 0.15) is 0 Å². The Kier molecular flexibility index (Phi) is 3.88. The summed E-state index contributed by atoms with van der Waals surface area (Å²) in [4.78, 5) is 7.60. The molecule has 0 radical (unpaired) electrons. The molecule has 0 atom stereocenters. The Hall–Kier alpha value is -1.33. The summed E-state index contributed by atoms with van der Waals surface area (Å²) in [6, 6.07) is 1.08. The number of ether oxygens (including phenoxy) is 1. The molecule has 0 unspecified atom stereocenters. The topological polar surface area (TPSA) is 35.0 Å². The average molecular weight is 262 g/mol. The van der Waals surface area contributed by atoms with E-state index in [1.165, 1.54) is 0 Å². The molecule has 0 aliphatic heterocycles. The van der Waals surface area contributed by atoms with Gasteiger partial charge in [-0.3, -0.25) is 0 Å². The number of halogens is 3. The van der Waals surface area contributed by atoms with Crippen molar-refractivity contribution in [1.29, 1.82) is 0 Å². The molecule has 0 fully saturated rings. The fraction of sp³-hybridized carbons (Fsp3) is 0.667. The van der Waals surface area contributed by atoms with Gasteiger partial charge in [-0.2, -0.15) is 9.97 Å². The predicted molar refractivity (Wildman–Crippen MR) is 61.5 cm³/mol. The van der Waals surface area contributed by atoms with Crippen LogP contribution in [0.15, 0.2) is 6.07 Å². The van der Waals surface area contributed by atoms with Crippen molar-refractivity contribution in [2.45, 2.75) is 52.3 Å². The minimum absolute atomic E-state index is 0.00434. The normalized spacial score (nSPS) is 12.9. The summed E-state index contributed by atoms with van der Waals surface area (Å²) in [5.74, 6) is 0.00434. The summed E-state index contributed by atoms with van der Waals surface area (Å²) in [6.45, 7) is 9.32. The number of nitrogens with zero attached hydrogens (tertiary/aromatic N) is 2. The van der Waals surface area contributed by atoms with Crippen molar-refractivity contribution in [2.24, 2.45) is 0 Å². The molecule has 1 aromatic rings. The Morgan fingerprint density at radius 1 is 1.11 bits per heavy atom. The van der Waals surface area contributed by atoms with Crippen LogP contribution in [0.2, 0.25) is 0 Å². The maximum Gasteiger partial charge on any atom is 0.575 e. The van der Waals surface area contributed by atoms with E-state index in [9.17, 15) is 13.2 Å². The van der Waals surface area contributed by atoms with Crippen LogP contribution in [0.1, 0.15) is 51.9 Å². The van der Waals surface area contributed by atoms with E-state index in [2.05, 4.69) is 14.7 Å². The molecule has 0 saturated carbocycles. The van der Waals surface area contributed by atoms with Crippen LogP contribution in [0.3, 0.4) is 0 Å². The van der Waals surface area contributed by atoms with Gasteiger partial charge in [0, 0.05) is 5.41 Å². The third-order valence-electron chi connectivity index (χ3n) is 2.29. The number of rotatable bonds is 2. The van der Waals surface area contributed by atoms with Gasteiger partial charge in [0.2, 0.25) is 0 Å². The second kappa shape index (κ2) is 4.74. The summed E-state index contributed by atoms with van der Waals surface area (Å²) in [6.07, 6.45) is -4.77. The van der Waals surface area contributed by atoms with Crippen molar-refractivity contribution in [1.82, 2.24) is 9.97 Å². The van der Waals surface area contributed by atoms with Crippen molar-refractivity contribution in [3.63, 3.8) is 0 Å². The third kappa shape index (κ3) is 4.16. The Morgan fingerprint density at radius 3 is 2.06 bits per heavy atom. The lowest BCUT2D eigenvalue weighted by Gasteiger charge is -2.20. The summed E-state index contributed by atoms with van der Waals surface area (Å²) in [5, 5.41) is 0. The van der Waals surface area contributed by atoms with Crippen LogP contribution in [0.5, 0.6) is 6.01 Å². The van der Waals surface area contributed by atoms with Crippen LogP contribution in [0, 0.1) is 0 Å². The zero-order valence-electron chi connectivity index (χ0n) is 11.1. The maximum absolute atomic E-state index is 12.2. The van der Waals surface area contributed by atoms with Crippen LogP contribution in [0.4, 0.5) is 13.2 Å². The first-order valence-electron chi connectivity index (χ1n) is 5.64. The maximum atomic E-state index is 12.2. The highest BCUT2D eigenvalue weighted by atomic mass is 19.4. The first kappa shape index (κ1) is 14.7. The Balaban J connectivity index is 3.23. The molecule has 0 aromatic carbocycles. The van der Waals surface area contributed by atoms with Crippen LogP contribution in [-0.4, -0.2) is 16.3 Å². The smallest absolute Gasteiger partial charge is 0.371 e. The van der Waals surface area contributed by atoms with Crippen LogP contribution >= 0.6 is 0 Å². The van der Waals surface area contributed by atoms with Gasteiger partial charge in [-0.05, 0) is 12.0 Å². The highest BCUT2D eigenvalue weighted by Gasteiger charge is 2.33. The lowest BCUT2D eigenvalue weighted by atomic mass is 9.91. The fourth-order valence-electron chi connectivity index (χ4n) is 1.27. The minimum atomic E-state index is -4.77. The highest BCUT2D eigenvalue weighted by Crippen LogP contribution is 2.27. The zero-order valence-corrected chi connectivity index (χ0v) is 11.1. The Labute approximate surface area is 104 Å². The summed E-state index contributed by atoms with van der Waals surface area (Å²) in [5.41, 5.74) is 0.700. The second-order valence-corrected chi connectivity index (χ2v) is 5.41.